The van der Waals surface area contributed by atoms with Crippen LogP contribution in [0.3, 0.4) is 0 Å². The van der Waals surface area contributed by atoms with Gasteiger partial charge in [-0.1, -0.05) is 81.5 Å². The predicted octanol–water partition coefficient (Wildman–Crippen LogP) is 11.9. The lowest BCUT2D eigenvalue weighted by Gasteiger charge is -2.44. The first-order chi connectivity index (χ1) is 33.1. The molecule has 0 atom stereocenters. The highest BCUT2D eigenvalue weighted by Gasteiger charge is 2.52. The first kappa shape index (κ1) is 52.8. The van der Waals surface area contributed by atoms with Gasteiger partial charge in [0.2, 0.25) is 5.52 Å². The highest BCUT2D eigenvalue weighted by atomic mass is 19.2. The molecule has 7 aromatic rings. The van der Waals surface area contributed by atoms with Gasteiger partial charge in [-0.15, -0.1) is 21.9 Å². The summed E-state index contributed by atoms with van der Waals surface area (Å²) in [7, 11) is 0. The standard InChI is InChI=1S/C24BF20.C24H30N/c26-5-1(6(27)14(35)21(42)13(5)34)25(2-7(28)15(36)22(43)16(37)8(2)29,3-9(30)17(38)23(44)18(39)10(3)31)4-11(32)19(40)24(45)20(41)12(4)33;1-2-3-4-5-6-10-16-23-19-18-22-15-11-12-17-24(22)25(23)20-21-13-8-7-9-14-21/h;7-9,11-15,17-19H,2-6,10,16,20H2,1H3/q-1;+1. The van der Waals surface area contributed by atoms with Crippen LogP contribution in [0.2, 0.25) is 0 Å². The monoisotopic (exact) mass is 1010 g/mol. The molecule has 0 aliphatic carbocycles. The van der Waals surface area contributed by atoms with Gasteiger partial charge in [0, 0.05) is 29.5 Å². The fraction of sp³-hybridized carbons (Fsp3) is 0.188. The normalized spacial score (nSPS) is 11.7. The minimum absolute atomic E-state index is 0.952. The van der Waals surface area contributed by atoms with E-state index in [1.54, 1.807) is 0 Å². The average molecular weight is 1010 g/mol. The summed E-state index contributed by atoms with van der Waals surface area (Å²) in [6, 6.07) is 24.2. The SMILES string of the molecule is CCCCCCCCc1ccc2ccccc2[n+]1Cc1ccccc1.Fc1c(F)c(F)c([B-](c2c(F)c(F)c(F)c(F)c2F)(c2c(F)c(F)c(F)c(F)c2F)c2c(F)c(F)c(F)c(F)c2F)c(F)c1F. The molecule has 0 bridgehead atoms. The number of nitrogens with zero attached hydrogens (tertiary/aromatic N) is 1. The number of rotatable bonds is 13. The summed E-state index contributed by atoms with van der Waals surface area (Å²) in [5.41, 5.74) is -10.2. The van der Waals surface area contributed by atoms with E-state index in [0.29, 0.717) is 0 Å². The third kappa shape index (κ3) is 9.04. The third-order valence-electron chi connectivity index (χ3n) is 11.7. The molecular weight excluding hydrogens is 981 g/mol. The Morgan fingerprint density at radius 1 is 0.329 bits per heavy atom. The van der Waals surface area contributed by atoms with Crippen LogP contribution in [0.5, 0.6) is 0 Å². The number of fused-ring (bicyclic) bond motifs is 1. The van der Waals surface area contributed by atoms with Gasteiger partial charge in [0.05, 0.1) is 0 Å². The molecule has 0 fully saturated rings. The minimum Gasteiger partial charge on any atom is -0.207 e. The zero-order valence-electron chi connectivity index (χ0n) is 35.6. The van der Waals surface area contributed by atoms with Crippen LogP contribution in [0, 0.1) is 116 Å². The number of benzene rings is 6. The summed E-state index contributed by atoms with van der Waals surface area (Å²) in [4.78, 5) is 0. The topological polar surface area (TPSA) is 3.88 Å². The van der Waals surface area contributed by atoms with Crippen LogP contribution in [0.1, 0.15) is 56.7 Å². The molecule has 6 aromatic carbocycles. The van der Waals surface area contributed by atoms with E-state index in [4.69, 9.17) is 0 Å². The van der Waals surface area contributed by atoms with Gasteiger partial charge in [0.15, 0.2) is 82.0 Å². The number of aryl methyl sites for hydroxylation is 1. The van der Waals surface area contributed by atoms with Gasteiger partial charge in [0.1, 0.15) is 52.7 Å². The summed E-state index contributed by atoms with van der Waals surface area (Å²) >= 11 is 0. The van der Waals surface area contributed by atoms with E-state index in [9.17, 15) is 52.7 Å². The van der Waals surface area contributed by atoms with Gasteiger partial charge in [0.25, 0.3) is 0 Å². The number of hydrogen-bond acceptors (Lipinski definition) is 0. The maximum absolute atomic E-state index is 15.4. The van der Waals surface area contributed by atoms with Crippen LogP contribution in [-0.2, 0) is 13.0 Å². The zero-order valence-corrected chi connectivity index (χ0v) is 35.6. The zero-order chi connectivity index (χ0) is 51.7. The summed E-state index contributed by atoms with van der Waals surface area (Å²) in [6.07, 6.45) is 2.05. The first-order valence-corrected chi connectivity index (χ1v) is 20.8. The number of aromatic nitrogens is 1. The number of unbranched alkanes of at least 4 members (excludes halogenated alkanes) is 5. The largest absolute Gasteiger partial charge is 0.212 e. The number of hydrogen-bond donors (Lipinski definition) is 0. The molecule has 1 heterocycles. The molecule has 7 rings (SSSR count). The molecule has 0 saturated carbocycles. The average Bonchev–Trinajstić information content (AvgIpc) is 3.35. The van der Waals surface area contributed by atoms with Crippen molar-refractivity contribution in [1.82, 2.24) is 0 Å². The molecule has 370 valence electrons. The highest BCUT2D eigenvalue weighted by Crippen LogP contribution is 2.31. The molecule has 0 N–H and O–H groups in total. The highest BCUT2D eigenvalue weighted by molar-refractivity contribution is 7.20. The lowest BCUT2D eigenvalue weighted by atomic mass is 9.12. The van der Waals surface area contributed by atoms with Crippen LogP contribution in [0.25, 0.3) is 10.9 Å². The fourth-order valence-corrected chi connectivity index (χ4v) is 8.44. The van der Waals surface area contributed by atoms with Crippen molar-refractivity contribution < 1.29 is 92.4 Å². The molecule has 22 heteroatoms. The first-order valence-electron chi connectivity index (χ1n) is 20.8. The minimum atomic E-state index is -7.22. The van der Waals surface area contributed by atoms with Crippen molar-refractivity contribution >= 4 is 38.9 Å². The smallest absolute Gasteiger partial charge is 0.207 e. The van der Waals surface area contributed by atoms with Gasteiger partial charge in [-0.05, 0) is 18.6 Å². The molecule has 1 aromatic heterocycles. The van der Waals surface area contributed by atoms with E-state index >= 15 is 35.1 Å². The van der Waals surface area contributed by atoms with Crippen molar-refractivity contribution in [3.8, 4) is 0 Å². The Bertz CT molecular complexity index is 2740. The molecular formula is C48H30BF20N. The third-order valence-corrected chi connectivity index (χ3v) is 11.7. The van der Waals surface area contributed by atoms with Crippen LogP contribution >= 0.6 is 0 Å². The number of pyridine rings is 1. The quantitative estimate of drug-likeness (QED) is 0.0271. The Hall–Kier alpha value is -6.61. The van der Waals surface area contributed by atoms with E-state index in [-0.39, 0.29) is 0 Å². The second-order valence-electron chi connectivity index (χ2n) is 15.8. The van der Waals surface area contributed by atoms with Crippen LogP contribution in [0.4, 0.5) is 87.8 Å². The summed E-state index contributed by atoms with van der Waals surface area (Å²) in [6.45, 7) is 3.23. The van der Waals surface area contributed by atoms with Crippen molar-refractivity contribution in [3.05, 3.63) is 194 Å². The Kier molecular flexibility index (Phi) is 16.0. The lowest BCUT2D eigenvalue weighted by molar-refractivity contribution is -0.670. The second-order valence-corrected chi connectivity index (χ2v) is 15.8. The molecule has 0 radical (unpaired) electrons. The van der Waals surface area contributed by atoms with Crippen molar-refractivity contribution in [2.45, 2.75) is 58.4 Å². The van der Waals surface area contributed by atoms with Gasteiger partial charge in [-0.25, -0.2) is 87.8 Å². The van der Waals surface area contributed by atoms with E-state index in [2.05, 4.69) is 78.2 Å². The van der Waals surface area contributed by atoms with Crippen LogP contribution in [0.15, 0.2) is 66.7 Å². The van der Waals surface area contributed by atoms with Gasteiger partial charge in [-0.2, -0.15) is 4.57 Å². The molecule has 0 spiro atoms. The summed E-state index contributed by atoms with van der Waals surface area (Å²) in [5.74, 6) is -71.4. The Labute approximate surface area is 383 Å². The van der Waals surface area contributed by atoms with Crippen molar-refractivity contribution in [3.63, 3.8) is 0 Å². The van der Waals surface area contributed by atoms with Crippen LogP contribution < -0.4 is 26.4 Å². The number of para-hydroxylation sites is 1. The van der Waals surface area contributed by atoms with Crippen molar-refractivity contribution in [2.75, 3.05) is 0 Å². The van der Waals surface area contributed by atoms with E-state index in [0.717, 1.165) is 6.54 Å². The van der Waals surface area contributed by atoms with Crippen molar-refractivity contribution in [1.29, 1.82) is 0 Å². The molecule has 0 amide bonds. The van der Waals surface area contributed by atoms with Crippen molar-refractivity contribution in [2.24, 2.45) is 0 Å². The summed E-state index contributed by atoms with van der Waals surface area (Å²) in [5, 5.41) is 1.32. The molecule has 70 heavy (non-hydrogen) atoms. The summed E-state index contributed by atoms with van der Waals surface area (Å²) < 4.78 is 296. The lowest BCUT2D eigenvalue weighted by Crippen LogP contribution is -2.81. The van der Waals surface area contributed by atoms with E-state index in [1.165, 1.54) is 67.1 Å². The Balaban J connectivity index is 0.000000270. The van der Waals surface area contributed by atoms with E-state index < -0.39 is 144 Å². The Morgan fingerprint density at radius 2 is 0.643 bits per heavy atom. The van der Waals surface area contributed by atoms with E-state index in [1.807, 2.05) is 0 Å². The van der Waals surface area contributed by atoms with Crippen LogP contribution in [-0.4, -0.2) is 6.15 Å². The van der Waals surface area contributed by atoms with Gasteiger partial charge >= 0.3 is 0 Å². The fourth-order valence-electron chi connectivity index (χ4n) is 8.44. The van der Waals surface area contributed by atoms with Gasteiger partial charge in [-0.3, -0.25) is 0 Å². The maximum atomic E-state index is 15.4. The Morgan fingerprint density at radius 3 is 1.01 bits per heavy atom. The molecule has 0 aliphatic heterocycles. The maximum Gasteiger partial charge on any atom is 0.212 e. The second kappa shape index (κ2) is 21.2. The molecule has 0 aliphatic rings. The molecule has 0 saturated heterocycles. The number of halogens is 20. The molecule has 1 nitrogen and oxygen atoms in total. The van der Waals surface area contributed by atoms with Gasteiger partial charge < -0.3 is 0 Å². The predicted molar refractivity (Wildman–Crippen MR) is 216 cm³/mol. The molecule has 0 unspecified atom stereocenters.